The van der Waals surface area contributed by atoms with Crippen LogP contribution in [0.3, 0.4) is 0 Å². The molecule has 2 atom stereocenters. The van der Waals surface area contributed by atoms with Crippen LogP contribution >= 0.6 is 23.1 Å². The molecular weight excluding hydrogens is 383 g/mol. The predicted octanol–water partition coefficient (Wildman–Crippen LogP) is 4.56. The molecule has 3 rings (SSSR count). The van der Waals surface area contributed by atoms with Crippen LogP contribution in [0.25, 0.3) is 0 Å². The number of aromatic nitrogens is 2. The number of likely N-dealkylation sites (tertiary alicyclic amines) is 1. The molecule has 1 N–H and O–H groups in total. The molecule has 0 radical (unpaired) electrons. The Hall–Kier alpha value is -1.67. The zero-order chi connectivity index (χ0) is 19.2. The normalized spacial score (nSPS) is 18.3. The number of rotatable bonds is 7. The van der Waals surface area contributed by atoms with Gasteiger partial charge in [-0.25, -0.2) is 4.39 Å². The van der Waals surface area contributed by atoms with Crippen molar-refractivity contribution < 1.29 is 9.18 Å². The molecule has 1 aliphatic rings. The lowest BCUT2D eigenvalue weighted by Crippen LogP contribution is -2.46. The number of thioether (sulfide) groups is 1. The number of hydrogen-bond acceptors (Lipinski definition) is 6. The molecular formula is C19H25FN4OS2. The van der Waals surface area contributed by atoms with Crippen molar-refractivity contribution in [3.8, 4) is 0 Å². The zero-order valence-electron chi connectivity index (χ0n) is 15.7. The monoisotopic (exact) mass is 408 g/mol. The van der Waals surface area contributed by atoms with E-state index in [1.54, 1.807) is 12.1 Å². The van der Waals surface area contributed by atoms with Gasteiger partial charge < -0.3 is 10.2 Å². The molecule has 1 fully saturated rings. The molecule has 1 aliphatic heterocycles. The van der Waals surface area contributed by atoms with E-state index in [9.17, 15) is 9.18 Å². The van der Waals surface area contributed by atoms with E-state index in [0.717, 1.165) is 35.7 Å². The lowest BCUT2D eigenvalue weighted by Gasteiger charge is -2.36. The van der Waals surface area contributed by atoms with Gasteiger partial charge in [0.15, 0.2) is 4.34 Å². The van der Waals surface area contributed by atoms with Crippen molar-refractivity contribution in [2.75, 3.05) is 11.9 Å². The Morgan fingerprint density at radius 1 is 1.37 bits per heavy atom. The Morgan fingerprint density at radius 3 is 2.89 bits per heavy atom. The lowest BCUT2D eigenvalue weighted by atomic mass is 10.00. The minimum Gasteiger partial charge on any atom is -0.356 e. The third-order valence-electron chi connectivity index (χ3n) is 4.77. The Morgan fingerprint density at radius 2 is 2.15 bits per heavy atom. The number of hydrogen-bond donors (Lipinski definition) is 1. The average Bonchev–Trinajstić information content (AvgIpc) is 3.14. The lowest BCUT2D eigenvalue weighted by molar-refractivity contribution is -0.134. The van der Waals surface area contributed by atoms with Crippen LogP contribution in [-0.2, 0) is 11.3 Å². The Balaban J connectivity index is 1.53. The third kappa shape index (κ3) is 5.42. The summed E-state index contributed by atoms with van der Waals surface area (Å²) in [5, 5.41) is 12.1. The van der Waals surface area contributed by atoms with E-state index in [2.05, 4.69) is 27.3 Å². The van der Waals surface area contributed by atoms with Gasteiger partial charge in [-0.15, -0.1) is 10.2 Å². The third-order valence-corrected chi connectivity index (χ3v) is 6.82. The second-order valence-corrected chi connectivity index (χ2v) is 9.27. The van der Waals surface area contributed by atoms with Crippen molar-refractivity contribution >= 4 is 34.1 Å². The molecule has 146 valence electrons. The van der Waals surface area contributed by atoms with Crippen LogP contribution in [0, 0.1) is 5.82 Å². The van der Waals surface area contributed by atoms with Gasteiger partial charge in [-0.1, -0.05) is 42.2 Å². The van der Waals surface area contributed by atoms with Gasteiger partial charge in [0.05, 0.1) is 5.25 Å². The first kappa shape index (κ1) is 20.1. The first-order valence-electron chi connectivity index (χ1n) is 9.35. The molecule has 2 unspecified atom stereocenters. The molecule has 0 bridgehead atoms. The van der Waals surface area contributed by atoms with Gasteiger partial charge in [0.25, 0.3) is 0 Å². The van der Waals surface area contributed by atoms with E-state index < -0.39 is 0 Å². The number of piperidine rings is 1. The molecule has 0 aliphatic carbocycles. The van der Waals surface area contributed by atoms with Crippen LogP contribution < -0.4 is 5.32 Å². The summed E-state index contributed by atoms with van der Waals surface area (Å²) in [6, 6.07) is 6.73. The Kier molecular flexibility index (Phi) is 7.07. The number of amides is 1. The van der Waals surface area contributed by atoms with E-state index in [1.807, 2.05) is 6.92 Å². The molecule has 2 aromatic rings. The average molecular weight is 409 g/mol. The summed E-state index contributed by atoms with van der Waals surface area (Å²) in [5.74, 6) is -0.0476. The molecule has 1 amide bonds. The van der Waals surface area contributed by atoms with Gasteiger partial charge in [-0.2, -0.15) is 0 Å². The quantitative estimate of drug-likeness (QED) is 0.681. The van der Waals surface area contributed by atoms with Crippen molar-refractivity contribution in [3.63, 3.8) is 0 Å². The zero-order valence-corrected chi connectivity index (χ0v) is 17.3. The minimum atomic E-state index is -0.244. The van der Waals surface area contributed by atoms with Crippen molar-refractivity contribution in [2.24, 2.45) is 0 Å². The standard InChI is InChI=1S/C19H25FN4OS2/c1-3-16-6-4-5-11-24(16)17(25)13(2)26-19-23-22-18(27-19)21-12-14-7-9-15(20)10-8-14/h7-10,13,16H,3-6,11-12H2,1-2H3,(H,21,22). The maximum absolute atomic E-state index is 12.9. The molecule has 1 aromatic heterocycles. The molecule has 2 heterocycles. The molecule has 0 spiro atoms. The summed E-state index contributed by atoms with van der Waals surface area (Å²) in [5.41, 5.74) is 0.972. The molecule has 5 nitrogen and oxygen atoms in total. The maximum Gasteiger partial charge on any atom is 0.236 e. The summed E-state index contributed by atoms with van der Waals surface area (Å²) in [7, 11) is 0. The van der Waals surface area contributed by atoms with Crippen LogP contribution in [-0.4, -0.2) is 38.8 Å². The number of anilines is 1. The van der Waals surface area contributed by atoms with E-state index in [4.69, 9.17) is 0 Å². The highest BCUT2D eigenvalue weighted by molar-refractivity contribution is 8.02. The van der Waals surface area contributed by atoms with Gasteiger partial charge in [-0.3, -0.25) is 4.79 Å². The van der Waals surface area contributed by atoms with E-state index in [0.29, 0.717) is 17.7 Å². The van der Waals surface area contributed by atoms with Crippen molar-refractivity contribution in [3.05, 3.63) is 35.6 Å². The second kappa shape index (κ2) is 9.50. The number of benzene rings is 1. The van der Waals surface area contributed by atoms with Gasteiger partial charge in [0, 0.05) is 19.1 Å². The highest BCUT2D eigenvalue weighted by Gasteiger charge is 2.29. The van der Waals surface area contributed by atoms with E-state index >= 15 is 0 Å². The van der Waals surface area contributed by atoms with Crippen LogP contribution in [0.1, 0.15) is 45.1 Å². The van der Waals surface area contributed by atoms with Crippen molar-refractivity contribution in [1.29, 1.82) is 0 Å². The van der Waals surface area contributed by atoms with Crippen LogP contribution in [0.15, 0.2) is 28.6 Å². The SMILES string of the molecule is CCC1CCCCN1C(=O)C(C)Sc1nnc(NCc2ccc(F)cc2)s1. The van der Waals surface area contributed by atoms with Crippen LogP contribution in [0.5, 0.6) is 0 Å². The van der Waals surface area contributed by atoms with Gasteiger partial charge in [0.1, 0.15) is 5.82 Å². The number of carbonyl (C=O) groups is 1. The van der Waals surface area contributed by atoms with Crippen molar-refractivity contribution in [1.82, 2.24) is 15.1 Å². The highest BCUT2D eigenvalue weighted by atomic mass is 32.2. The largest absolute Gasteiger partial charge is 0.356 e. The number of nitrogens with one attached hydrogen (secondary N) is 1. The fraction of sp³-hybridized carbons (Fsp3) is 0.526. The van der Waals surface area contributed by atoms with Crippen LogP contribution in [0.2, 0.25) is 0 Å². The van der Waals surface area contributed by atoms with Gasteiger partial charge in [0.2, 0.25) is 11.0 Å². The molecule has 8 heteroatoms. The van der Waals surface area contributed by atoms with Crippen molar-refractivity contribution in [2.45, 2.75) is 61.7 Å². The summed E-state index contributed by atoms with van der Waals surface area (Å²) < 4.78 is 13.7. The topological polar surface area (TPSA) is 58.1 Å². The molecule has 1 aromatic carbocycles. The number of nitrogens with zero attached hydrogens (tertiary/aromatic N) is 3. The second-order valence-electron chi connectivity index (χ2n) is 6.70. The fourth-order valence-corrected chi connectivity index (χ4v) is 5.22. The first-order valence-corrected chi connectivity index (χ1v) is 11.1. The summed E-state index contributed by atoms with van der Waals surface area (Å²) in [6.07, 6.45) is 4.43. The fourth-order valence-electron chi connectivity index (χ4n) is 3.26. The maximum atomic E-state index is 12.9. The Bertz CT molecular complexity index is 752. The number of carbonyl (C=O) groups excluding carboxylic acids is 1. The molecule has 1 saturated heterocycles. The molecule has 27 heavy (non-hydrogen) atoms. The first-order chi connectivity index (χ1) is 13.1. The summed E-state index contributed by atoms with van der Waals surface area (Å²) in [4.78, 5) is 14.9. The van der Waals surface area contributed by atoms with E-state index in [1.165, 1.54) is 41.7 Å². The minimum absolute atomic E-state index is 0.171. The summed E-state index contributed by atoms with van der Waals surface area (Å²) in [6.45, 7) is 5.52. The summed E-state index contributed by atoms with van der Waals surface area (Å²) >= 11 is 2.91. The predicted molar refractivity (Wildman–Crippen MR) is 109 cm³/mol. The number of halogens is 1. The van der Waals surface area contributed by atoms with E-state index in [-0.39, 0.29) is 17.0 Å². The smallest absolute Gasteiger partial charge is 0.236 e. The van der Waals surface area contributed by atoms with Gasteiger partial charge >= 0.3 is 0 Å². The Labute approximate surface area is 167 Å². The molecule has 0 saturated carbocycles. The highest BCUT2D eigenvalue weighted by Crippen LogP contribution is 2.31. The van der Waals surface area contributed by atoms with Crippen LogP contribution in [0.4, 0.5) is 9.52 Å². The van der Waals surface area contributed by atoms with Gasteiger partial charge in [-0.05, 0) is 50.3 Å².